The molecule has 136 valence electrons. The van der Waals surface area contributed by atoms with Crippen molar-refractivity contribution in [2.24, 2.45) is 0 Å². The van der Waals surface area contributed by atoms with Crippen molar-refractivity contribution < 1.29 is 19.1 Å². The predicted molar refractivity (Wildman–Crippen MR) is 101 cm³/mol. The molecule has 0 spiro atoms. The lowest BCUT2D eigenvalue weighted by Gasteiger charge is -2.21. The smallest absolute Gasteiger partial charge is 0.156 e. The van der Waals surface area contributed by atoms with Gasteiger partial charge in [0.25, 0.3) is 0 Å². The minimum atomic E-state index is -0.172. The van der Waals surface area contributed by atoms with Gasteiger partial charge >= 0.3 is 0 Å². The largest absolute Gasteiger partial charge is 0.490 e. The van der Waals surface area contributed by atoms with Crippen LogP contribution >= 0.6 is 23.2 Å². The van der Waals surface area contributed by atoms with Crippen LogP contribution in [0.15, 0.2) is 42.5 Å². The molecule has 0 unspecified atom stereocenters. The van der Waals surface area contributed by atoms with Gasteiger partial charge in [0.1, 0.15) is 30.5 Å². The number of hydrogen-bond donors (Lipinski definition) is 0. The summed E-state index contributed by atoms with van der Waals surface area (Å²) in [5.41, 5.74) is 0.786. The molecule has 3 rings (SSSR count). The number of halogens is 2. The Balaban J connectivity index is 1.62. The minimum Gasteiger partial charge on any atom is -0.490 e. The molecule has 2 aromatic rings. The van der Waals surface area contributed by atoms with Crippen molar-refractivity contribution in [2.45, 2.75) is 25.2 Å². The van der Waals surface area contributed by atoms with Crippen LogP contribution in [0.25, 0.3) is 0 Å². The number of carbonyl (C=O) groups excluding carboxylic acids is 2. The molecule has 26 heavy (non-hydrogen) atoms. The highest BCUT2D eigenvalue weighted by Gasteiger charge is 2.27. The van der Waals surface area contributed by atoms with Gasteiger partial charge in [0, 0.05) is 12.8 Å². The molecule has 0 aromatic heterocycles. The van der Waals surface area contributed by atoms with E-state index in [4.69, 9.17) is 32.7 Å². The number of Topliss-reactive ketones (excluding diaryl/α,β-unsaturated/α-hetero) is 2. The lowest BCUT2D eigenvalue weighted by Crippen LogP contribution is -2.21. The molecule has 0 radical (unpaired) electrons. The molecule has 0 amide bonds. The molecule has 1 fully saturated rings. The van der Waals surface area contributed by atoms with Crippen LogP contribution in [0.4, 0.5) is 0 Å². The van der Waals surface area contributed by atoms with Crippen LogP contribution in [0.5, 0.6) is 11.5 Å². The van der Waals surface area contributed by atoms with Crippen LogP contribution in [0.2, 0.25) is 10.0 Å². The molecular weight excluding hydrogens is 375 g/mol. The van der Waals surface area contributed by atoms with Gasteiger partial charge in [0.05, 0.1) is 16.5 Å². The Hall–Kier alpha value is -2.04. The molecule has 0 atom stereocenters. The van der Waals surface area contributed by atoms with Gasteiger partial charge in [-0.2, -0.15) is 0 Å². The molecule has 0 N–H and O–H groups in total. The van der Waals surface area contributed by atoms with E-state index in [0.717, 1.165) is 11.3 Å². The fourth-order valence-corrected chi connectivity index (χ4v) is 3.61. The summed E-state index contributed by atoms with van der Waals surface area (Å²) in [6, 6.07) is 12.9. The summed E-state index contributed by atoms with van der Waals surface area (Å²) in [6.45, 7) is 0.637. The molecular formula is C20H18Cl2O4. The molecule has 6 heteroatoms. The fourth-order valence-electron chi connectivity index (χ4n) is 2.99. The van der Waals surface area contributed by atoms with Crippen molar-refractivity contribution in [3.05, 3.63) is 58.1 Å². The zero-order valence-corrected chi connectivity index (χ0v) is 15.6. The summed E-state index contributed by atoms with van der Waals surface area (Å²) in [6.07, 6.45) is 0.702. The number of benzene rings is 2. The second kappa shape index (κ2) is 8.56. The Morgan fingerprint density at radius 1 is 0.885 bits per heavy atom. The van der Waals surface area contributed by atoms with Gasteiger partial charge in [-0.05, 0) is 35.7 Å². The second-order valence-corrected chi connectivity index (χ2v) is 7.00. The number of ketones is 2. The summed E-state index contributed by atoms with van der Waals surface area (Å²) in [5.74, 6) is 0.875. The summed E-state index contributed by atoms with van der Waals surface area (Å²) in [4.78, 5) is 23.3. The van der Waals surface area contributed by atoms with E-state index in [9.17, 15) is 9.59 Å². The maximum atomic E-state index is 11.7. The van der Waals surface area contributed by atoms with E-state index >= 15 is 0 Å². The average molecular weight is 393 g/mol. The van der Waals surface area contributed by atoms with E-state index in [2.05, 4.69) is 0 Å². The SMILES string of the molecule is O=C1CC(=O)CC(c2cc(Cl)c(OCCOc3ccccc3)c(Cl)c2)C1. The first kappa shape index (κ1) is 18.7. The lowest BCUT2D eigenvalue weighted by molar-refractivity contribution is -0.130. The van der Waals surface area contributed by atoms with Crippen molar-refractivity contribution in [1.29, 1.82) is 0 Å². The number of hydrogen-bond acceptors (Lipinski definition) is 4. The normalized spacial score (nSPS) is 15.2. The average Bonchev–Trinajstić information content (AvgIpc) is 2.60. The molecule has 1 aliphatic carbocycles. The maximum Gasteiger partial charge on any atom is 0.156 e. The molecule has 0 saturated heterocycles. The third kappa shape index (κ3) is 4.77. The third-order valence-electron chi connectivity index (χ3n) is 4.18. The molecule has 0 aliphatic heterocycles. The zero-order valence-electron chi connectivity index (χ0n) is 14.0. The number of carbonyl (C=O) groups is 2. The van der Waals surface area contributed by atoms with E-state index in [1.165, 1.54) is 0 Å². The molecule has 0 heterocycles. The number of ether oxygens (including phenoxy) is 2. The van der Waals surface area contributed by atoms with Crippen LogP contribution in [0, 0.1) is 0 Å². The van der Waals surface area contributed by atoms with Crippen molar-refractivity contribution >= 4 is 34.8 Å². The Bertz CT molecular complexity index is 766. The van der Waals surface area contributed by atoms with Gasteiger partial charge in [-0.1, -0.05) is 41.4 Å². The minimum absolute atomic E-state index is 0.0283. The number of para-hydroxylation sites is 1. The molecule has 2 aromatic carbocycles. The quantitative estimate of drug-likeness (QED) is 0.520. The van der Waals surface area contributed by atoms with Gasteiger partial charge in [-0.15, -0.1) is 0 Å². The summed E-state index contributed by atoms with van der Waals surface area (Å²) < 4.78 is 11.2. The third-order valence-corrected chi connectivity index (χ3v) is 4.74. The molecule has 1 saturated carbocycles. The van der Waals surface area contributed by atoms with E-state index in [-0.39, 0.29) is 30.5 Å². The number of rotatable bonds is 6. The molecule has 0 bridgehead atoms. The van der Waals surface area contributed by atoms with Crippen molar-refractivity contribution in [1.82, 2.24) is 0 Å². The van der Waals surface area contributed by atoms with Gasteiger partial charge in [0.15, 0.2) is 5.75 Å². The van der Waals surface area contributed by atoms with Crippen LogP contribution in [0.3, 0.4) is 0 Å². The van der Waals surface area contributed by atoms with E-state index in [1.807, 2.05) is 30.3 Å². The zero-order chi connectivity index (χ0) is 18.5. The Morgan fingerprint density at radius 2 is 1.46 bits per heavy atom. The fraction of sp³-hybridized carbons (Fsp3) is 0.300. The first-order valence-electron chi connectivity index (χ1n) is 8.36. The highest BCUT2D eigenvalue weighted by molar-refractivity contribution is 6.37. The van der Waals surface area contributed by atoms with Gasteiger partial charge in [0.2, 0.25) is 0 Å². The first-order chi connectivity index (χ1) is 12.5. The Labute approximate surface area is 162 Å². The monoisotopic (exact) mass is 392 g/mol. The van der Waals surface area contributed by atoms with E-state index in [1.54, 1.807) is 12.1 Å². The maximum absolute atomic E-state index is 11.7. The van der Waals surface area contributed by atoms with Gasteiger partial charge in [-0.3, -0.25) is 9.59 Å². The summed E-state index contributed by atoms with van der Waals surface area (Å²) in [7, 11) is 0. The van der Waals surface area contributed by atoms with E-state index < -0.39 is 0 Å². The van der Waals surface area contributed by atoms with Crippen LogP contribution < -0.4 is 9.47 Å². The lowest BCUT2D eigenvalue weighted by atomic mass is 9.82. The standard InChI is InChI=1S/C20H18Cl2O4/c21-18-10-14(13-8-15(23)12-16(24)9-13)11-19(22)20(18)26-7-6-25-17-4-2-1-3-5-17/h1-5,10-11,13H,6-9,12H2. The van der Waals surface area contributed by atoms with Crippen molar-refractivity contribution in [2.75, 3.05) is 13.2 Å². The first-order valence-corrected chi connectivity index (χ1v) is 9.11. The van der Waals surface area contributed by atoms with Gasteiger partial charge in [-0.25, -0.2) is 0 Å². The predicted octanol–water partition coefficient (Wildman–Crippen LogP) is 4.86. The summed E-state index contributed by atoms with van der Waals surface area (Å²) >= 11 is 12.6. The van der Waals surface area contributed by atoms with Crippen LogP contribution in [-0.2, 0) is 9.59 Å². The Kier molecular flexibility index (Phi) is 6.17. The molecule has 4 nitrogen and oxygen atoms in total. The van der Waals surface area contributed by atoms with Crippen LogP contribution in [0.1, 0.15) is 30.7 Å². The highest BCUT2D eigenvalue weighted by Crippen LogP contribution is 2.39. The molecule has 1 aliphatic rings. The topological polar surface area (TPSA) is 52.6 Å². The van der Waals surface area contributed by atoms with E-state index in [0.29, 0.717) is 35.2 Å². The summed E-state index contributed by atoms with van der Waals surface area (Å²) in [5, 5.41) is 0.718. The van der Waals surface area contributed by atoms with Crippen LogP contribution in [-0.4, -0.2) is 24.8 Å². The Morgan fingerprint density at radius 3 is 2.08 bits per heavy atom. The van der Waals surface area contributed by atoms with Crippen molar-refractivity contribution in [3.8, 4) is 11.5 Å². The highest BCUT2D eigenvalue weighted by atomic mass is 35.5. The van der Waals surface area contributed by atoms with Gasteiger partial charge < -0.3 is 9.47 Å². The second-order valence-electron chi connectivity index (χ2n) is 6.18. The van der Waals surface area contributed by atoms with Crippen molar-refractivity contribution in [3.63, 3.8) is 0 Å².